The lowest BCUT2D eigenvalue weighted by Crippen LogP contribution is -2.20. The molecule has 0 atom stereocenters. The Labute approximate surface area is 190 Å². The molecule has 3 aromatic rings. The fraction of sp³-hybridized carbons (Fsp3) is 0.263. The van der Waals surface area contributed by atoms with Crippen LogP contribution in [-0.2, 0) is 31.8 Å². The fourth-order valence-electron chi connectivity index (χ4n) is 3.63. The van der Waals surface area contributed by atoms with E-state index in [4.69, 9.17) is 15.4 Å². The van der Waals surface area contributed by atoms with E-state index in [9.17, 15) is 34.4 Å². The van der Waals surface area contributed by atoms with Crippen molar-refractivity contribution in [2.24, 2.45) is 0 Å². The minimum atomic E-state index is -5.17. The molecule has 0 aliphatic carbocycles. The Hall–Kier alpha value is -2.35. The van der Waals surface area contributed by atoms with E-state index >= 15 is 0 Å². The molecule has 0 spiro atoms. The Balaban J connectivity index is 2.05. The number of benzene rings is 2. The van der Waals surface area contributed by atoms with Crippen LogP contribution in [0.15, 0.2) is 46.3 Å². The molecular formula is C19H15ClF4N2O5S2. The van der Waals surface area contributed by atoms with Crippen LogP contribution in [0, 0.1) is 5.82 Å². The van der Waals surface area contributed by atoms with Crippen molar-refractivity contribution in [3.63, 3.8) is 0 Å². The lowest BCUT2D eigenvalue weighted by Gasteiger charge is -2.14. The van der Waals surface area contributed by atoms with Gasteiger partial charge in [-0.05, 0) is 43.4 Å². The molecule has 1 aromatic heterocycles. The predicted molar refractivity (Wildman–Crippen MR) is 111 cm³/mol. The first-order valence-electron chi connectivity index (χ1n) is 9.27. The van der Waals surface area contributed by atoms with E-state index in [-0.39, 0.29) is 23.5 Å². The van der Waals surface area contributed by atoms with Gasteiger partial charge in [0.05, 0.1) is 16.0 Å². The molecule has 0 bridgehead atoms. The highest BCUT2D eigenvalue weighted by atomic mass is 35.7. The molecular weight excluding hydrogens is 512 g/mol. The van der Waals surface area contributed by atoms with Crippen LogP contribution in [0.25, 0.3) is 10.9 Å². The van der Waals surface area contributed by atoms with E-state index in [0.717, 1.165) is 6.07 Å². The second kappa shape index (κ2) is 7.86. The minimum Gasteiger partial charge on any atom is -0.492 e. The zero-order valence-corrected chi connectivity index (χ0v) is 19.1. The van der Waals surface area contributed by atoms with Crippen molar-refractivity contribution in [2.75, 3.05) is 20.2 Å². The molecule has 33 heavy (non-hydrogen) atoms. The van der Waals surface area contributed by atoms with E-state index in [1.165, 1.54) is 12.1 Å². The van der Waals surface area contributed by atoms with Crippen molar-refractivity contribution in [1.82, 2.24) is 8.87 Å². The quantitative estimate of drug-likeness (QED) is 0.381. The lowest BCUT2D eigenvalue weighted by molar-refractivity contribution is -0.140. The zero-order chi connectivity index (χ0) is 24.3. The third-order valence-electron chi connectivity index (χ3n) is 5.17. The Morgan fingerprint density at radius 2 is 1.76 bits per heavy atom. The summed E-state index contributed by atoms with van der Waals surface area (Å²) in [6, 6.07) is 4.84. The van der Waals surface area contributed by atoms with Crippen LogP contribution >= 0.6 is 10.7 Å². The number of aromatic nitrogens is 1. The number of halogens is 5. The number of fused-ring (bicyclic) bond motifs is 3. The molecule has 14 heteroatoms. The van der Waals surface area contributed by atoms with Gasteiger partial charge in [-0.3, -0.25) is 4.90 Å². The van der Waals surface area contributed by atoms with E-state index < -0.39 is 46.6 Å². The molecule has 7 nitrogen and oxygen atoms in total. The Bertz CT molecular complexity index is 1480. The van der Waals surface area contributed by atoms with Gasteiger partial charge in [0.15, 0.2) is 5.03 Å². The molecule has 0 saturated carbocycles. The highest BCUT2D eigenvalue weighted by molar-refractivity contribution is 8.14. The molecule has 0 radical (unpaired) electrons. The van der Waals surface area contributed by atoms with Crippen molar-refractivity contribution in [3.8, 4) is 5.75 Å². The predicted octanol–water partition coefficient (Wildman–Crippen LogP) is 3.79. The largest absolute Gasteiger partial charge is 0.492 e. The molecule has 0 amide bonds. The van der Waals surface area contributed by atoms with Crippen LogP contribution in [0.2, 0.25) is 0 Å². The first-order chi connectivity index (χ1) is 15.2. The molecule has 1 aliphatic rings. The monoisotopic (exact) mass is 526 g/mol. The summed E-state index contributed by atoms with van der Waals surface area (Å²) in [5, 5.41) is -0.681. The number of hydrogen-bond donors (Lipinski definition) is 0. The van der Waals surface area contributed by atoms with E-state index in [1.807, 2.05) is 4.90 Å². The normalized spacial score (nSPS) is 15.8. The second-order valence-corrected chi connectivity index (χ2v) is 11.7. The summed E-state index contributed by atoms with van der Waals surface area (Å²) in [6.45, 7) is 1.17. The molecule has 2 aromatic carbocycles. The molecule has 0 unspecified atom stereocenters. The van der Waals surface area contributed by atoms with Crippen LogP contribution in [0.1, 0.15) is 11.1 Å². The second-order valence-electron chi connectivity index (χ2n) is 7.39. The molecule has 178 valence electrons. The van der Waals surface area contributed by atoms with Gasteiger partial charge >= 0.3 is 6.18 Å². The summed E-state index contributed by atoms with van der Waals surface area (Å²) in [6.07, 6.45) is -5.17. The topological polar surface area (TPSA) is 85.7 Å². The molecule has 4 rings (SSSR count). The highest BCUT2D eigenvalue weighted by Crippen LogP contribution is 2.38. The van der Waals surface area contributed by atoms with Crippen LogP contribution in [-0.4, -0.2) is 45.9 Å². The molecule has 1 aliphatic heterocycles. The smallest absolute Gasteiger partial charge is 0.419 e. The van der Waals surface area contributed by atoms with Gasteiger partial charge in [0, 0.05) is 34.7 Å². The summed E-state index contributed by atoms with van der Waals surface area (Å²) in [7, 11) is -2.34. The third kappa shape index (κ3) is 4.18. The maximum atomic E-state index is 13.7. The van der Waals surface area contributed by atoms with Crippen molar-refractivity contribution in [2.45, 2.75) is 22.6 Å². The number of rotatable bonds is 3. The first kappa shape index (κ1) is 23.8. The summed E-state index contributed by atoms with van der Waals surface area (Å²) in [5.41, 5.74) is -1.46. The lowest BCUT2D eigenvalue weighted by atomic mass is 10.1. The van der Waals surface area contributed by atoms with Crippen LogP contribution in [0.4, 0.5) is 17.6 Å². The van der Waals surface area contributed by atoms with Gasteiger partial charge in [-0.25, -0.2) is 25.2 Å². The molecule has 0 N–H and O–H groups in total. The van der Waals surface area contributed by atoms with Crippen LogP contribution in [0.5, 0.6) is 5.75 Å². The Morgan fingerprint density at radius 1 is 1.06 bits per heavy atom. The maximum Gasteiger partial charge on any atom is 0.419 e. The standard InChI is InChI=1S/C19H15ClF4N2O5S2/c1-25-6-7-31-17-5-4-16-12(13(17)10-25)9-18(32(20,27)28)26(16)33(29,30)11-2-3-15(21)14(8-11)19(22,23)24/h2-5,8-9H,6-7,10H2,1H3. The van der Waals surface area contributed by atoms with Crippen molar-refractivity contribution < 1.29 is 39.1 Å². The van der Waals surface area contributed by atoms with Crippen molar-refractivity contribution >= 4 is 40.7 Å². The van der Waals surface area contributed by atoms with Gasteiger partial charge in [-0.1, -0.05) is 0 Å². The van der Waals surface area contributed by atoms with Crippen LogP contribution in [0.3, 0.4) is 0 Å². The van der Waals surface area contributed by atoms with Gasteiger partial charge in [-0.15, -0.1) is 0 Å². The number of likely N-dealkylation sites (N-methyl/N-ethyl adjacent to an activating group) is 1. The van der Waals surface area contributed by atoms with E-state index in [2.05, 4.69) is 0 Å². The van der Waals surface area contributed by atoms with E-state index in [1.54, 1.807) is 7.05 Å². The molecule has 0 saturated heterocycles. The summed E-state index contributed by atoms with van der Waals surface area (Å²) in [4.78, 5) is 0.903. The first-order valence-corrected chi connectivity index (χ1v) is 13.0. The van der Waals surface area contributed by atoms with Gasteiger partial charge in [0.2, 0.25) is 0 Å². The highest BCUT2D eigenvalue weighted by Gasteiger charge is 2.37. The number of alkyl halides is 3. The number of nitrogens with zero attached hydrogens (tertiary/aromatic N) is 2. The van der Waals surface area contributed by atoms with Crippen molar-refractivity contribution in [3.05, 3.63) is 53.3 Å². The summed E-state index contributed by atoms with van der Waals surface area (Å²) in [5.74, 6) is -1.27. The molecule has 0 fully saturated rings. The van der Waals surface area contributed by atoms with Crippen LogP contribution < -0.4 is 4.74 Å². The number of ether oxygens (including phenoxy) is 1. The van der Waals surface area contributed by atoms with Gasteiger partial charge in [-0.2, -0.15) is 13.2 Å². The zero-order valence-electron chi connectivity index (χ0n) is 16.7. The average Bonchev–Trinajstić information content (AvgIpc) is 3.00. The maximum absolute atomic E-state index is 13.7. The van der Waals surface area contributed by atoms with Crippen molar-refractivity contribution in [1.29, 1.82) is 0 Å². The molecule has 2 heterocycles. The minimum absolute atomic E-state index is 0.113. The summed E-state index contributed by atoms with van der Waals surface area (Å²) >= 11 is 0. The summed E-state index contributed by atoms with van der Waals surface area (Å²) < 4.78 is 111. The Kier molecular flexibility index (Phi) is 5.67. The number of hydrogen-bond acceptors (Lipinski definition) is 6. The third-order valence-corrected chi connectivity index (χ3v) is 8.28. The van der Waals surface area contributed by atoms with Gasteiger partial charge < -0.3 is 4.74 Å². The van der Waals surface area contributed by atoms with E-state index in [0.29, 0.717) is 40.6 Å². The SMILES string of the molecule is CN1CCOc2ccc3c(cc(S(=O)(=O)Cl)n3S(=O)(=O)c3ccc(F)c(C(F)(F)F)c3)c2C1. The average molecular weight is 527 g/mol. The Morgan fingerprint density at radius 3 is 2.39 bits per heavy atom. The fourth-order valence-corrected chi connectivity index (χ4v) is 6.67. The van der Waals surface area contributed by atoms with Gasteiger partial charge in [0.1, 0.15) is 18.2 Å². The van der Waals surface area contributed by atoms with Gasteiger partial charge in [0.25, 0.3) is 19.1 Å².